The number of halogens is 2. The highest BCUT2D eigenvalue weighted by Crippen LogP contribution is 2.40. The van der Waals surface area contributed by atoms with Crippen LogP contribution in [0.3, 0.4) is 0 Å². The molecule has 2 rings (SSSR count). The summed E-state index contributed by atoms with van der Waals surface area (Å²) in [4.78, 5) is 25.4. The van der Waals surface area contributed by atoms with Crippen LogP contribution in [0, 0.1) is 0 Å². The fourth-order valence-electron chi connectivity index (χ4n) is 2.99. The number of nitrogens with one attached hydrogen (secondary N) is 1. The van der Waals surface area contributed by atoms with Gasteiger partial charge in [0.15, 0.2) is 11.5 Å². The minimum absolute atomic E-state index is 0.240. The zero-order valence-electron chi connectivity index (χ0n) is 20.3. The monoisotopic (exact) mass is 525 g/mol. The number of ketones is 1. The molecule has 0 aliphatic rings. The summed E-state index contributed by atoms with van der Waals surface area (Å²) < 4.78 is 22.3. The molecule has 35 heavy (non-hydrogen) atoms. The molecule has 9 nitrogen and oxygen atoms in total. The summed E-state index contributed by atoms with van der Waals surface area (Å²) in [5.74, 6) is 0.126. The van der Waals surface area contributed by atoms with E-state index in [4.69, 9.17) is 42.1 Å². The Labute approximate surface area is 214 Å². The number of carbonyl (C=O) groups is 2. The number of azo groups is 1. The molecule has 0 spiro atoms. The molecule has 0 radical (unpaired) electrons. The number of hydrogen-bond acceptors (Lipinski definition) is 8. The van der Waals surface area contributed by atoms with Gasteiger partial charge in [-0.25, -0.2) is 0 Å². The Kier molecular flexibility index (Phi) is 11.1. The van der Waals surface area contributed by atoms with E-state index < -0.39 is 17.7 Å². The Morgan fingerprint density at radius 2 is 1.34 bits per heavy atom. The molecule has 0 saturated carbocycles. The number of rotatable bonds is 13. The molecule has 0 heterocycles. The molecule has 190 valence electrons. The smallest absolute Gasteiger partial charge is 0.259 e. The molecule has 1 unspecified atom stereocenters. The van der Waals surface area contributed by atoms with Crippen molar-refractivity contribution in [3.8, 4) is 23.0 Å². The molecule has 0 aromatic heterocycles. The van der Waals surface area contributed by atoms with Gasteiger partial charge in [0, 0.05) is 23.2 Å². The summed E-state index contributed by atoms with van der Waals surface area (Å²) in [6.07, 6.45) is 0. The van der Waals surface area contributed by atoms with Crippen LogP contribution in [-0.4, -0.2) is 44.2 Å². The van der Waals surface area contributed by atoms with E-state index in [9.17, 15) is 9.59 Å². The maximum absolute atomic E-state index is 13.1. The standard InChI is InChI=1S/C24H29Cl2N3O6/c1-6-32-18-13-19(33-7-2)17(12-16(18)26)28-29-22(14(5)30)24(31)27-23-20(34-8-3)10-15(25)11-21(23)35-9-4/h10-13,22H,6-9H2,1-5H3,(H,27,31). The van der Waals surface area contributed by atoms with E-state index in [2.05, 4.69) is 15.5 Å². The van der Waals surface area contributed by atoms with Gasteiger partial charge in [0.25, 0.3) is 5.91 Å². The average molecular weight is 526 g/mol. The number of hydrogen-bond donors (Lipinski definition) is 1. The summed E-state index contributed by atoms with van der Waals surface area (Å²) in [6, 6.07) is 4.72. The third-order valence-corrected chi connectivity index (χ3v) is 4.92. The van der Waals surface area contributed by atoms with E-state index in [1.54, 1.807) is 39.0 Å². The second-order valence-electron chi connectivity index (χ2n) is 6.98. The van der Waals surface area contributed by atoms with Crippen molar-refractivity contribution in [3.63, 3.8) is 0 Å². The Morgan fingerprint density at radius 1 is 0.829 bits per heavy atom. The summed E-state index contributed by atoms with van der Waals surface area (Å²) >= 11 is 12.4. The van der Waals surface area contributed by atoms with Gasteiger partial charge in [-0.2, -0.15) is 10.2 Å². The Morgan fingerprint density at radius 3 is 1.86 bits per heavy atom. The van der Waals surface area contributed by atoms with Crippen LogP contribution in [0.2, 0.25) is 10.0 Å². The summed E-state index contributed by atoms with van der Waals surface area (Å²) in [5, 5.41) is 11.4. The normalized spacial score (nSPS) is 11.7. The van der Waals surface area contributed by atoms with Crippen molar-refractivity contribution in [2.45, 2.75) is 40.7 Å². The van der Waals surface area contributed by atoms with E-state index in [1.807, 2.05) is 6.92 Å². The van der Waals surface area contributed by atoms with Crippen molar-refractivity contribution < 1.29 is 28.5 Å². The largest absolute Gasteiger partial charge is 0.492 e. The lowest BCUT2D eigenvalue weighted by atomic mass is 10.2. The van der Waals surface area contributed by atoms with Crippen molar-refractivity contribution >= 4 is 46.3 Å². The van der Waals surface area contributed by atoms with Crippen LogP contribution in [0.4, 0.5) is 11.4 Å². The molecule has 0 saturated heterocycles. The SMILES string of the molecule is CCOc1cc(OCC)c(N=NC(C(C)=O)C(=O)Nc2c(OCC)cc(Cl)cc2OCC)cc1Cl. The van der Waals surface area contributed by atoms with E-state index in [-0.39, 0.29) is 16.4 Å². The van der Waals surface area contributed by atoms with Crippen molar-refractivity contribution in [1.29, 1.82) is 0 Å². The zero-order valence-corrected chi connectivity index (χ0v) is 21.8. The number of carbonyl (C=O) groups excluding carboxylic acids is 2. The van der Waals surface area contributed by atoms with Gasteiger partial charge >= 0.3 is 0 Å². The third-order valence-electron chi connectivity index (χ3n) is 4.41. The first kappa shape index (κ1) is 28.2. The fourth-order valence-corrected chi connectivity index (χ4v) is 3.40. The van der Waals surface area contributed by atoms with Crippen LogP contribution in [0.5, 0.6) is 23.0 Å². The molecule has 1 amide bonds. The third kappa shape index (κ3) is 7.73. The number of nitrogens with zero attached hydrogens (tertiary/aromatic N) is 2. The summed E-state index contributed by atoms with van der Waals surface area (Å²) in [7, 11) is 0. The number of Topliss-reactive ketones (excluding diaryl/α,β-unsaturated/α-hetero) is 1. The second kappa shape index (κ2) is 13.7. The van der Waals surface area contributed by atoms with Crippen LogP contribution in [0.25, 0.3) is 0 Å². The first-order chi connectivity index (χ1) is 16.7. The van der Waals surface area contributed by atoms with Gasteiger partial charge in [-0.05, 0) is 40.7 Å². The molecule has 2 aromatic rings. The van der Waals surface area contributed by atoms with E-state index in [0.29, 0.717) is 54.4 Å². The van der Waals surface area contributed by atoms with Crippen LogP contribution >= 0.6 is 23.2 Å². The predicted octanol–water partition coefficient (Wildman–Crippen LogP) is 6.27. The minimum Gasteiger partial charge on any atom is -0.492 e. The topological polar surface area (TPSA) is 108 Å². The van der Waals surface area contributed by atoms with E-state index in [0.717, 1.165) is 0 Å². The lowest BCUT2D eigenvalue weighted by Crippen LogP contribution is -2.32. The summed E-state index contributed by atoms with van der Waals surface area (Å²) in [5.41, 5.74) is 0.486. The van der Waals surface area contributed by atoms with Crippen molar-refractivity contribution in [1.82, 2.24) is 0 Å². The zero-order chi connectivity index (χ0) is 26.0. The Balaban J connectivity index is 2.41. The van der Waals surface area contributed by atoms with E-state index >= 15 is 0 Å². The van der Waals surface area contributed by atoms with Crippen molar-refractivity contribution in [3.05, 3.63) is 34.3 Å². The van der Waals surface area contributed by atoms with Crippen LogP contribution in [0.15, 0.2) is 34.5 Å². The number of ether oxygens (including phenoxy) is 4. The highest BCUT2D eigenvalue weighted by molar-refractivity contribution is 6.32. The highest BCUT2D eigenvalue weighted by Gasteiger charge is 2.26. The number of anilines is 1. The lowest BCUT2D eigenvalue weighted by Gasteiger charge is -2.18. The average Bonchev–Trinajstić information content (AvgIpc) is 2.79. The molecule has 0 bridgehead atoms. The first-order valence-electron chi connectivity index (χ1n) is 11.2. The lowest BCUT2D eigenvalue weighted by molar-refractivity contribution is -0.126. The van der Waals surface area contributed by atoms with Gasteiger partial charge in [-0.3, -0.25) is 9.59 Å². The predicted molar refractivity (Wildman–Crippen MR) is 135 cm³/mol. The van der Waals surface area contributed by atoms with Gasteiger partial charge in [-0.1, -0.05) is 23.2 Å². The van der Waals surface area contributed by atoms with Crippen molar-refractivity contribution in [2.24, 2.45) is 10.2 Å². The maximum Gasteiger partial charge on any atom is 0.259 e. The molecule has 0 fully saturated rings. The molecular weight excluding hydrogens is 497 g/mol. The minimum atomic E-state index is -1.45. The van der Waals surface area contributed by atoms with Crippen LogP contribution < -0.4 is 24.3 Å². The molecule has 2 aromatic carbocycles. The van der Waals surface area contributed by atoms with Crippen LogP contribution in [0.1, 0.15) is 34.6 Å². The fraction of sp³-hybridized carbons (Fsp3) is 0.417. The van der Waals surface area contributed by atoms with Crippen molar-refractivity contribution in [2.75, 3.05) is 31.7 Å². The molecule has 1 N–H and O–H groups in total. The Bertz CT molecular complexity index is 1050. The molecule has 11 heteroatoms. The molecule has 1 atom stereocenters. The van der Waals surface area contributed by atoms with E-state index in [1.165, 1.54) is 13.0 Å². The van der Waals surface area contributed by atoms with Crippen LogP contribution in [-0.2, 0) is 9.59 Å². The van der Waals surface area contributed by atoms with Gasteiger partial charge < -0.3 is 24.3 Å². The number of benzene rings is 2. The molecular formula is C24H29Cl2N3O6. The second-order valence-corrected chi connectivity index (χ2v) is 7.82. The maximum atomic E-state index is 13.1. The van der Waals surface area contributed by atoms with Gasteiger partial charge in [0.2, 0.25) is 6.04 Å². The van der Waals surface area contributed by atoms with Gasteiger partial charge in [0.05, 0.1) is 31.5 Å². The van der Waals surface area contributed by atoms with Gasteiger partial charge in [0.1, 0.15) is 28.6 Å². The summed E-state index contributed by atoms with van der Waals surface area (Å²) in [6.45, 7) is 9.86. The molecule has 0 aliphatic carbocycles. The Hall–Kier alpha value is -3.04. The first-order valence-corrected chi connectivity index (χ1v) is 11.9. The van der Waals surface area contributed by atoms with Gasteiger partial charge in [-0.15, -0.1) is 0 Å². The molecule has 0 aliphatic heterocycles. The number of amides is 1. The quantitative estimate of drug-likeness (QED) is 0.244. The highest BCUT2D eigenvalue weighted by atomic mass is 35.5.